The molecule has 2 rings (SSSR count). The molecule has 4 heteroatoms. The van der Waals surface area contributed by atoms with E-state index in [2.05, 4.69) is 39.8 Å². The van der Waals surface area contributed by atoms with Crippen LogP contribution in [-0.4, -0.2) is 36.3 Å². The largest absolute Gasteiger partial charge is 0.342 e. The molecule has 1 aliphatic rings. The number of benzene rings is 1. The lowest BCUT2D eigenvalue weighted by Crippen LogP contribution is -2.41. The van der Waals surface area contributed by atoms with E-state index in [1.807, 2.05) is 17.0 Å². The van der Waals surface area contributed by atoms with Gasteiger partial charge in [-0.25, -0.2) is 0 Å². The highest BCUT2D eigenvalue weighted by atomic mass is 16.2. The summed E-state index contributed by atoms with van der Waals surface area (Å²) in [4.78, 5) is 28.2. The number of rotatable bonds is 4. The van der Waals surface area contributed by atoms with E-state index in [9.17, 15) is 9.59 Å². The monoisotopic (exact) mass is 344 g/mol. The average Bonchev–Trinajstić information content (AvgIpc) is 2.54. The van der Waals surface area contributed by atoms with E-state index in [4.69, 9.17) is 0 Å². The second-order valence-corrected chi connectivity index (χ2v) is 8.30. The summed E-state index contributed by atoms with van der Waals surface area (Å²) >= 11 is 0. The number of nitrogens with zero attached hydrogens (tertiary/aromatic N) is 2. The van der Waals surface area contributed by atoms with Crippen molar-refractivity contribution in [3.8, 4) is 0 Å². The maximum Gasteiger partial charge on any atom is 0.224 e. The van der Waals surface area contributed by atoms with Gasteiger partial charge in [0, 0.05) is 38.7 Å². The molecule has 0 radical (unpaired) electrons. The van der Waals surface area contributed by atoms with Gasteiger partial charge in [0.25, 0.3) is 0 Å². The molecule has 1 aliphatic heterocycles. The van der Waals surface area contributed by atoms with Gasteiger partial charge in [-0.2, -0.15) is 0 Å². The number of hydrogen-bond donors (Lipinski definition) is 0. The molecule has 4 nitrogen and oxygen atoms in total. The molecule has 0 saturated carbocycles. The molecule has 1 aromatic rings. The smallest absolute Gasteiger partial charge is 0.224 e. The van der Waals surface area contributed by atoms with Gasteiger partial charge in [0.2, 0.25) is 11.8 Å². The number of anilines is 1. The van der Waals surface area contributed by atoms with Crippen LogP contribution in [-0.2, 0) is 15.0 Å². The third kappa shape index (κ3) is 5.32. The Bertz CT molecular complexity index is 601. The maximum absolute atomic E-state index is 12.5. The van der Waals surface area contributed by atoms with Crippen LogP contribution >= 0.6 is 0 Å². The third-order valence-corrected chi connectivity index (χ3v) is 4.98. The molecular formula is C21H32N2O2. The predicted octanol–water partition coefficient (Wildman–Crippen LogP) is 3.99. The van der Waals surface area contributed by atoms with E-state index < -0.39 is 0 Å². The van der Waals surface area contributed by atoms with Gasteiger partial charge in [-0.3, -0.25) is 9.59 Å². The number of amides is 2. The van der Waals surface area contributed by atoms with E-state index in [1.165, 1.54) is 12.0 Å². The van der Waals surface area contributed by atoms with Gasteiger partial charge in [0.1, 0.15) is 0 Å². The Morgan fingerprint density at radius 2 is 1.84 bits per heavy atom. The van der Waals surface area contributed by atoms with Crippen LogP contribution in [0.2, 0.25) is 0 Å². The van der Waals surface area contributed by atoms with Gasteiger partial charge in [-0.1, -0.05) is 39.8 Å². The van der Waals surface area contributed by atoms with Gasteiger partial charge in [-0.05, 0) is 41.9 Å². The zero-order chi connectivity index (χ0) is 18.6. The van der Waals surface area contributed by atoms with Gasteiger partial charge in [0.05, 0.1) is 0 Å². The zero-order valence-electron chi connectivity index (χ0n) is 16.3. The highest BCUT2D eigenvalue weighted by Gasteiger charge is 2.22. The van der Waals surface area contributed by atoms with Crippen LogP contribution in [0.4, 0.5) is 5.69 Å². The maximum atomic E-state index is 12.5. The normalized spacial score (nSPS) is 18.1. The van der Waals surface area contributed by atoms with Crippen LogP contribution in [0.5, 0.6) is 0 Å². The predicted molar refractivity (Wildman–Crippen MR) is 103 cm³/mol. The number of hydrogen-bond acceptors (Lipinski definition) is 2. The van der Waals surface area contributed by atoms with Gasteiger partial charge >= 0.3 is 0 Å². The molecule has 25 heavy (non-hydrogen) atoms. The first-order chi connectivity index (χ1) is 11.7. The average molecular weight is 344 g/mol. The molecule has 0 aliphatic carbocycles. The molecule has 0 aromatic heterocycles. The molecule has 1 aromatic carbocycles. The number of likely N-dealkylation sites (tertiary alicyclic amines) is 1. The lowest BCUT2D eigenvalue weighted by Gasteiger charge is -2.32. The summed E-state index contributed by atoms with van der Waals surface area (Å²) < 4.78 is 0. The highest BCUT2D eigenvalue weighted by molar-refractivity contribution is 5.92. The Kier molecular flexibility index (Phi) is 6.26. The van der Waals surface area contributed by atoms with Crippen LogP contribution in [0.1, 0.15) is 59.4 Å². The Morgan fingerprint density at radius 1 is 1.20 bits per heavy atom. The summed E-state index contributed by atoms with van der Waals surface area (Å²) in [5.41, 5.74) is 2.18. The van der Waals surface area contributed by atoms with Crippen LogP contribution in [0.15, 0.2) is 24.3 Å². The molecule has 0 spiro atoms. The van der Waals surface area contributed by atoms with Crippen LogP contribution in [0, 0.1) is 5.92 Å². The van der Waals surface area contributed by atoms with Gasteiger partial charge in [0.15, 0.2) is 0 Å². The second-order valence-electron chi connectivity index (χ2n) is 8.30. The minimum atomic E-state index is -0.0247. The lowest BCUT2D eigenvalue weighted by atomic mass is 9.87. The summed E-state index contributed by atoms with van der Waals surface area (Å²) in [5, 5.41) is 0. The van der Waals surface area contributed by atoms with Gasteiger partial charge in [-0.15, -0.1) is 0 Å². The van der Waals surface area contributed by atoms with E-state index >= 15 is 0 Å². The molecule has 1 atom stereocenters. The van der Waals surface area contributed by atoms with Crippen molar-refractivity contribution in [1.82, 2.24) is 4.90 Å². The van der Waals surface area contributed by atoms with E-state index in [0.717, 1.165) is 25.2 Å². The van der Waals surface area contributed by atoms with Crippen molar-refractivity contribution in [3.05, 3.63) is 29.8 Å². The molecule has 1 fully saturated rings. The summed E-state index contributed by atoms with van der Waals surface area (Å²) in [6, 6.07) is 8.10. The molecule has 138 valence electrons. The topological polar surface area (TPSA) is 40.6 Å². The fraction of sp³-hybridized carbons (Fsp3) is 0.619. The second kappa shape index (κ2) is 8.03. The third-order valence-electron chi connectivity index (χ3n) is 4.98. The van der Waals surface area contributed by atoms with Crippen molar-refractivity contribution in [2.75, 3.05) is 24.5 Å². The summed E-state index contributed by atoms with van der Waals surface area (Å²) in [7, 11) is 0. The molecule has 1 saturated heterocycles. The van der Waals surface area contributed by atoms with Crippen molar-refractivity contribution in [1.29, 1.82) is 0 Å². The number of piperidine rings is 1. The summed E-state index contributed by atoms with van der Waals surface area (Å²) in [6.45, 7) is 12.4. The molecule has 0 bridgehead atoms. The fourth-order valence-corrected chi connectivity index (χ4v) is 3.39. The molecule has 1 unspecified atom stereocenters. The van der Waals surface area contributed by atoms with E-state index in [1.54, 1.807) is 11.8 Å². The van der Waals surface area contributed by atoms with Crippen LogP contribution in [0.25, 0.3) is 0 Å². The first-order valence-electron chi connectivity index (χ1n) is 9.35. The number of carbonyl (C=O) groups excluding carboxylic acids is 2. The van der Waals surface area contributed by atoms with E-state index in [0.29, 0.717) is 18.9 Å². The molecule has 1 heterocycles. The van der Waals surface area contributed by atoms with Crippen molar-refractivity contribution in [2.24, 2.45) is 5.92 Å². The minimum Gasteiger partial charge on any atom is -0.342 e. The lowest BCUT2D eigenvalue weighted by molar-refractivity contribution is -0.132. The quantitative estimate of drug-likeness (QED) is 0.829. The minimum absolute atomic E-state index is 0.0247. The highest BCUT2D eigenvalue weighted by Crippen LogP contribution is 2.25. The van der Waals surface area contributed by atoms with Crippen molar-refractivity contribution in [2.45, 2.75) is 59.3 Å². The van der Waals surface area contributed by atoms with E-state index in [-0.39, 0.29) is 17.2 Å². The van der Waals surface area contributed by atoms with Crippen molar-refractivity contribution < 1.29 is 9.59 Å². The van der Waals surface area contributed by atoms with Crippen LogP contribution in [0.3, 0.4) is 0 Å². The zero-order valence-corrected chi connectivity index (χ0v) is 16.3. The van der Waals surface area contributed by atoms with Gasteiger partial charge < -0.3 is 9.80 Å². The summed E-state index contributed by atoms with van der Waals surface area (Å²) in [5.74, 6) is 0.707. The fourth-order valence-electron chi connectivity index (χ4n) is 3.39. The molecule has 2 amide bonds. The molecular weight excluding hydrogens is 312 g/mol. The van der Waals surface area contributed by atoms with Crippen molar-refractivity contribution in [3.63, 3.8) is 0 Å². The Balaban J connectivity index is 2.01. The molecule has 0 N–H and O–H groups in total. The van der Waals surface area contributed by atoms with Crippen LogP contribution < -0.4 is 4.90 Å². The first kappa shape index (κ1) is 19.5. The Morgan fingerprint density at radius 3 is 2.36 bits per heavy atom. The Labute approximate surface area is 152 Å². The Hall–Kier alpha value is -1.84. The first-order valence-corrected chi connectivity index (χ1v) is 9.35. The summed E-state index contributed by atoms with van der Waals surface area (Å²) in [6.07, 6.45) is 2.66. The standard InChI is InChI=1S/C21H32N2O2/c1-16-7-6-13-22(15-16)20(25)12-14-23(17(2)24)19-10-8-18(9-11-19)21(3,4)5/h8-11,16H,6-7,12-15H2,1-5H3. The SMILES string of the molecule is CC(=O)N(CCC(=O)N1CCCC(C)C1)c1ccc(C(C)(C)C)cc1. The number of carbonyl (C=O) groups is 2. The van der Waals surface area contributed by atoms with Crippen molar-refractivity contribution >= 4 is 17.5 Å².